The minimum atomic E-state index is 0.160. The van der Waals surface area contributed by atoms with Crippen LogP contribution in [0.5, 0.6) is 0 Å². The molecule has 0 N–H and O–H groups in total. The molecule has 0 saturated heterocycles. The van der Waals surface area contributed by atoms with Crippen LogP contribution in [0.25, 0.3) is 6.08 Å². The standard InChI is InChI=1S/C12H17ClN2/c1-8(12(3,4)5)6-10-9(2)15-11(13)7-14-10/h6-7H,1-5H3/b8-6+. The number of hydrogen-bond acceptors (Lipinski definition) is 2. The Kier molecular flexibility index (Phi) is 3.50. The molecule has 0 aliphatic carbocycles. The molecule has 82 valence electrons. The van der Waals surface area contributed by atoms with E-state index in [0.717, 1.165) is 11.4 Å². The number of halogens is 1. The average Bonchev–Trinajstić information content (AvgIpc) is 2.08. The summed E-state index contributed by atoms with van der Waals surface area (Å²) >= 11 is 5.75. The van der Waals surface area contributed by atoms with Crippen LogP contribution in [0.2, 0.25) is 5.15 Å². The van der Waals surface area contributed by atoms with Crippen molar-refractivity contribution in [3.8, 4) is 0 Å². The fourth-order valence-corrected chi connectivity index (χ4v) is 1.20. The van der Waals surface area contributed by atoms with E-state index in [0.29, 0.717) is 5.15 Å². The second-order valence-corrected chi connectivity index (χ2v) is 5.13. The Labute approximate surface area is 96.4 Å². The predicted octanol–water partition coefficient (Wildman–Crippen LogP) is 3.89. The van der Waals surface area contributed by atoms with Crippen molar-refractivity contribution < 1.29 is 0 Å². The van der Waals surface area contributed by atoms with E-state index in [2.05, 4.69) is 43.7 Å². The summed E-state index contributed by atoms with van der Waals surface area (Å²) in [4.78, 5) is 8.43. The van der Waals surface area contributed by atoms with Gasteiger partial charge in [-0.25, -0.2) is 4.98 Å². The first-order valence-electron chi connectivity index (χ1n) is 4.98. The molecular weight excluding hydrogens is 208 g/mol. The molecule has 2 nitrogen and oxygen atoms in total. The largest absolute Gasteiger partial charge is 0.252 e. The fraction of sp³-hybridized carbons (Fsp3) is 0.500. The molecule has 0 fully saturated rings. The molecule has 0 amide bonds. The van der Waals surface area contributed by atoms with Gasteiger partial charge in [0, 0.05) is 0 Å². The van der Waals surface area contributed by atoms with E-state index in [1.54, 1.807) is 6.20 Å². The van der Waals surface area contributed by atoms with Gasteiger partial charge in [0.2, 0.25) is 0 Å². The second-order valence-electron chi connectivity index (χ2n) is 4.74. The van der Waals surface area contributed by atoms with Crippen molar-refractivity contribution in [2.75, 3.05) is 0 Å². The molecule has 0 aliphatic rings. The van der Waals surface area contributed by atoms with Crippen molar-refractivity contribution in [2.45, 2.75) is 34.6 Å². The lowest BCUT2D eigenvalue weighted by Crippen LogP contribution is -2.06. The van der Waals surface area contributed by atoms with Gasteiger partial charge in [-0.05, 0) is 25.3 Å². The molecule has 1 aromatic heterocycles. The van der Waals surface area contributed by atoms with Crippen LogP contribution in [0.1, 0.15) is 39.1 Å². The number of hydrogen-bond donors (Lipinski definition) is 0. The summed E-state index contributed by atoms with van der Waals surface area (Å²) in [6, 6.07) is 0. The van der Waals surface area contributed by atoms with Crippen molar-refractivity contribution in [3.05, 3.63) is 28.3 Å². The summed E-state index contributed by atoms with van der Waals surface area (Å²) in [5.41, 5.74) is 3.20. The molecule has 0 atom stereocenters. The zero-order chi connectivity index (χ0) is 11.6. The molecule has 1 aromatic rings. The third-order valence-corrected chi connectivity index (χ3v) is 2.67. The first-order valence-corrected chi connectivity index (χ1v) is 5.36. The Balaban J connectivity index is 3.09. The van der Waals surface area contributed by atoms with Gasteiger partial charge in [-0.1, -0.05) is 37.9 Å². The molecule has 0 radical (unpaired) electrons. The molecule has 0 aliphatic heterocycles. The number of rotatable bonds is 1. The van der Waals surface area contributed by atoms with Crippen LogP contribution in [0.4, 0.5) is 0 Å². The first kappa shape index (κ1) is 12.2. The summed E-state index contributed by atoms with van der Waals surface area (Å²) < 4.78 is 0. The molecule has 3 heteroatoms. The SMILES string of the molecule is C/C(=C\c1ncc(Cl)nc1C)C(C)(C)C. The third kappa shape index (κ3) is 3.31. The Hall–Kier alpha value is -0.890. The molecule has 1 heterocycles. The summed E-state index contributed by atoms with van der Waals surface area (Å²) in [7, 11) is 0. The van der Waals surface area contributed by atoms with Crippen molar-refractivity contribution in [1.82, 2.24) is 9.97 Å². The highest BCUT2D eigenvalue weighted by Crippen LogP contribution is 2.26. The molecule has 0 aromatic carbocycles. The van der Waals surface area contributed by atoms with Gasteiger partial charge in [-0.3, -0.25) is 4.98 Å². The molecule has 1 rings (SSSR count). The van der Waals surface area contributed by atoms with Gasteiger partial charge >= 0.3 is 0 Å². The summed E-state index contributed by atoms with van der Waals surface area (Å²) in [6.07, 6.45) is 3.65. The minimum absolute atomic E-state index is 0.160. The monoisotopic (exact) mass is 224 g/mol. The maximum atomic E-state index is 5.75. The van der Waals surface area contributed by atoms with Crippen molar-refractivity contribution in [3.63, 3.8) is 0 Å². The van der Waals surface area contributed by atoms with E-state index in [1.165, 1.54) is 5.57 Å². The topological polar surface area (TPSA) is 25.8 Å². The molecule has 0 saturated carbocycles. The van der Waals surface area contributed by atoms with Gasteiger partial charge in [-0.2, -0.15) is 0 Å². The Morgan fingerprint density at radius 3 is 2.47 bits per heavy atom. The van der Waals surface area contributed by atoms with E-state index < -0.39 is 0 Å². The lowest BCUT2D eigenvalue weighted by Gasteiger charge is -2.19. The highest BCUT2D eigenvalue weighted by molar-refractivity contribution is 6.29. The van der Waals surface area contributed by atoms with Crippen LogP contribution in [0.3, 0.4) is 0 Å². The van der Waals surface area contributed by atoms with Gasteiger partial charge in [0.1, 0.15) is 5.15 Å². The summed E-state index contributed by atoms with van der Waals surface area (Å²) in [6.45, 7) is 10.6. The summed E-state index contributed by atoms with van der Waals surface area (Å²) in [5.74, 6) is 0. The lowest BCUT2D eigenvalue weighted by atomic mass is 9.87. The predicted molar refractivity (Wildman–Crippen MR) is 64.9 cm³/mol. The number of allylic oxidation sites excluding steroid dienone is 1. The van der Waals surface area contributed by atoms with Gasteiger partial charge in [0.15, 0.2) is 0 Å². The van der Waals surface area contributed by atoms with Crippen LogP contribution in [-0.2, 0) is 0 Å². The van der Waals surface area contributed by atoms with Crippen molar-refractivity contribution in [1.29, 1.82) is 0 Å². The Bertz CT molecular complexity index is 389. The third-order valence-electron chi connectivity index (χ3n) is 2.49. The van der Waals surface area contributed by atoms with E-state index in [1.807, 2.05) is 6.92 Å². The van der Waals surface area contributed by atoms with E-state index in [9.17, 15) is 0 Å². The van der Waals surface area contributed by atoms with Crippen molar-refractivity contribution in [2.24, 2.45) is 5.41 Å². The minimum Gasteiger partial charge on any atom is -0.252 e. The molecular formula is C12H17ClN2. The second kappa shape index (κ2) is 4.31. The Morgan fingerprint density at radius 1 is 1.40 bits per heavy atom. The van der Waals surface area contributed by atoms with Crippen LogP contribution in [0.15, 0.2) is 11.8 Å². The van der Waals surface area contributed by atoms with Crippen LogP contribution in [-0.4, -0.2) is 9.97 Å². The first-order chi connectivity index (χ1) is 6.80. The lowest BCUT2D eigenvalue weighted by molar-refractivity contribution is 0.507. The highest BCUT2D eigenvalue weighted by atomic mass is 35.5. The van der Waals surface area contributed by atoms with Gasteiger partial charge in [-0.15, -0.1) is 0 Å². The van der Waals surface area contributed by atoms with E-state index in [4.69, 9.17) is 11.6 Å². The maximum Gasteiger partial charge on any atom is 0.147 e. The van der Waals surface area contributed by atoms with Crippen LogP contribution < -0.4 is 0 Å². The quantitative estimate of drug-likeness (QED) is 0.723. The zero-order valence-electron chi connectivity index (χ0n) is 9.93. The highest BCUT2D eigenvalue weighted by Gasteiger charge is 2.13. The molecule has 0 bridgehead atoms. The molecule has 0 unspecified atom stereocenters. The molecule has 15 heavy (non-hydrogen) atoms. The van der Waals surface area contributed by atoms with Gasteiger partial charge < -0.3 is 0 Å². The fourth-order valence-electron chi connectivity index (χ4n) is 1.03. The normalized spacial score (nSPS) is 13.1. The van der Waals surface area contributed by atoms with Crippen LogP contribution >= 0.6 is 11.6 Å². The maximum absolute atomic E-state index is 5.75. The Morgan fingerprint density at radius 2 is 2.00 bits per heavy atom. The number of aryl methyl sites for hydroxylation is 1. The van der Waals surface area contributed by atoms with E-state index in [-0.39, 0.29) is 5.41 Å². The van der Waals surface area contributed by atoms with Crippen molar-refractivity contribution >= 4 is 17.7 Å². The number of nitrogens with zero attached hydrogens (tertiary/aromatic N) is 2. The van der Waals surface area contributed by atoms with Crippen LogP contribution in [0, 0.1) is 12.3 Å². The molecule has 0 spiro atoms. The van der Waals surface area contributed by atoms with Gasteiger partial charge in [0.05, 0.1) is 17.6 Å². The number of aromatic nitrogens is 2. The smallest absolute Gasteiger partial charge is 0.147 e. The van der Waals surface area contributed by atoms with E-state index >= 15 is 0 Å². The summed E-state index contributed by atoms with van der Waals surface area (Å²) in [5, 5.41) is 0.443. The zero-order valence-corrected chi connectivity index (χ0v) is 10.7. The average molecular weight is 225 g/mol. The van der Waals surface area contributed by atoms with Gasteiger partial charge in [0.25, 0.3) is 0 Å².